The fraction of sp³-hybridized carbons (Fsp3) is 0.0952. The molecule has 0 aromatic heterocycles. The molecule has 25 heavy (non-hydrogen) atoms. The van der Waals surface area contributed by atoms with Crippen LogP contribution in [0.5, 0.6) is 11.5 Å². The van der Waals surface area contributed by atoms with E-state index in [2.05, 4.69) is 11.9 Å². The van der Waals surface area contributed by atoms with Gasteiger partial charge in [0, 0.05) is 5.69 Å². The first kappa shape index (κ1) is 16.6. The third kappa shape index (κ3) is 3.80. The van der Waals surface area contributed by atoms with E-state index in [1.54, 1.807) is 37.5 Å². The van der Waals surface area contributed by atoms with Crippen LogP contribution in [0, 0.1) is 0 Å². The van der Waals surface area contributed by atoms with Gasteiger partial charge in [0.25, 0.3) is 5.91 Å². The van der Waals surface area contributed by atoms with Crippen LogP contribution in [0.1, 0.15) is 10.4 Å². The summed E-state index contributed by atoms with van der Waals surface area (Å²) in [5, 5.41) is 4.90. The van der Waals surface area contributed by atoms with Crippen LogP contribution in [0.15, 0.2) is 73.3 Å². The van der Waals surface area contributed by atoms with Crippen molar-refractivity contribution < 1.29 is 14.3 Å². The van der Waals surface area contributed by atoms with Gasteiger partial charge >= 0.3 is 0 Å². The molecule has 0 spiro atoms. The molecular formula is C21H19NO3. The number of nitrogens with one attached hydrogen (secondary N) is 1. The number of methoxy groups -OCH3 is 1. The molecule has 0 unspecified atom stereocenters. The number of amides is 1. The molecule has 0 bridgehead atoms. The molecule has 4 nitrogen and oxygen atoms in total. The summed E-state index contributed by atoms with van der Waals surface area (Å²) >= 11 is 0. The van der Waals surface area contributed by atoms with Gasteiger partial charge in [0.1, 0.15) is 18.1 Å². The third-order valence-corrected chi connectivity index (χ3v) is 3.79. The summed E-state index contributed by atoms with van der Waals surface area (Å²) in [6.45, 7) is 4.05. The lowest BCUT2D eigenvalue weighted by Gasteiger charge is -2.11. The number of carbonyl (C=O) groups is 1. The third-order valence-electron chi connectivity index (χ3n) is 3.79. The Morgan fingerprint density at radius 3 is 2.40 bits per heavy atom. The predicted octanol–water partition coefficient (Wildman–Crippen LogP) is 4.67. The number of ether oxygens (including phenoxy) is 2. The molecule has 0 aliphatic heterocycles. The summed E-state index contributed by atoms with van der Waals surface area (Å²) in [6, 6.07) is 18.8. The van der Waals surface area contributed by atoms with E-state index in [1.807, 2.05) is 36.4 Å². The first-order valence-corrected chi connectivity index (χ1v) is 7.93. The molecule has 1 amide bonds. The molecule has 0 heterocycles. The number of fused-ring (bicyclic) bond motifs is 1. The number of hydrogen-bond acceptors (Lipinski definition) is 3. The van der Waals surface area contributed by atoms with E-state index in [0.29, 0.717) is 23.6 Å². The molecule has 0 aliphatic rings. The second kappa shape index (κ2) is 7.53. The molecule has 0 saturated carbocycles. The van der Waals surface area contributed by atoms with Crippen molar-refractivity contribution in [2.24, 2.45) is 0 Å². The maximum absolute atomic E-state index is 12.7. The monoisotopic (exact) mass is 333 g/mol. The van der Waals surface area contributed by atoms with E-state index in [0.717, 1.165) is 16.5 Å². The van der Waals surface area contributed by atoms with Gasteiger partial charge in [0.2, 0.25) is 0 Å². The quantitative estimate of drug-likeness (QED) is 0.667. The smallest absolute Gasteiger partial charge is 0.259 e. The second-order valence-corrected chi connectivity index (χ2v) is 5.48. The topological polar surface area (TPSA) is 47.6 Å². The Morgan fingerprint density at radius 2 is 1.76 bits per heavy atom. The van der Waals surface area contributed by atoms with Crippen molar-refractivity contribution in [3.05, 3.63) is 78.9 Å². The van der Waals surface area contributed by atoms with Crippen molar-refractivity contribution in [2.75, 3.05) is 19.0 Å². The summed E-state index contributed by atoms with van der Waals surface area (Å²) in [4.78, 5) is 12.7. The summed E-state index contributed by atoms with van der Waals surface area (Å²) in [5.41, 5.74) is 1.18. The Balaban J connectivity index is 1.83. The van der Waals surface area contributed by atoms with Gasteiger partial charge in [-0.3, -0.25) is 4.79 Å². The van der Waals surface area contributed by atoms with Gasteiger partial charge in [0.05, 0.1) is 12.7 Å². The fourth-order valence-electron chi connectivity index (χ4n) is 2.55. The number of hydrogen-bond donors (Lipinski definition) is 1. The molecule has 3 rings (SSSR count). The van der Waals surface area contributed by atoms with Crippen LogP contribution in [0.2, 0.25) is 0 Å². The number of benzene rings is 3. The lowest BCUT2D eigenvalue weighted by Crippen LogP contribution is -2.13. The zero-order valence-electron chi connectivity index (χ0n) is 14.0. The van der Waals surface area contributed by atoms with Crippen molar-refractivity contribution in [2.45, 2.75) is 0 Å². The van der Waals surface area contributed by atoms with Gasteiger partial charge < -0.3 is 14.8 Å². The summed E-state index contributed by atoms with van der Waals surface area (Å²) in [5.74, 6) is 1.05. The fourth-order valence-corrected chi connectivity index (χ4v) is 2.55. The molecule has 4 heteroatoms. The SMILES string of the molecule is C=CCOc1ccc(NC(=O)c2cc3ccccc3cc2OC)cc1. The van der Waals surface area contributed by atoms with Crippen LogP contribution in [0.25, 0.3) is 10.8 Å². The molecule has 3 aromatic rings. The average Bonchev–Trinajstić information content (AvgIpc) is 2.66. The molecule has 0 atom stereocenters. The minimum absolute atomic E-state index is 0.220. The number of anilines is 1. The van der Waals surface area contributed by atoms with Crippen molar-refractivity contribution >= 4 is 22.4 Å². The van der Waals surface area contributed by atoms with E-state index < -0.39 is 0 Å². The molecule has 126 valence electrons. The Kier molecular flexibility index (Phi) is 5.00. The van der Waals surface area contributed by atoms with Crippen molar-refractivity contribution in [3.63, 3.8) is 0 Å². The normalized spacial score (nSPS) is 10.3. The second-order valence-electron chi connectivity index (χ2n) is 5.48. The molecule has 0 aliphatic carbocycles. The summed E-state index contributed by atoms with van der Waals surface area (Å²) in [6.07, 6.45) is 1.68. The van der Waals surface area contributed by atoms with Crippen LogP contribution in [-0.2, 0) is 0 Å². The van der Waals surface area contributed by atoms with Crippen LogP contribution < -0.4 is 14.8 Å². The van der Waals surface area contributed by atoms with E-state index in [4.69, 9.17) is 9.47 Å². The maximum Gasteiger partial charge on any atom is 0.259 e. The maximum atomic E-state index is 12.7. The van der Waals surface area contributed by atoms with Gasteiger partial charge in [-0.25, -0.2) is 0 Å². The van der Waals surface area contributed by atoms with Gasteiger partial charge in [-0.15, -0.1) is 0 Å². The highest BCUT2D eigenvalue weighted by molar-refractivity contribution is 6.08. The van der Waals surface area contributed by atoms with Crippen LogP contribution in [0.4, 0.5) is 5.69 Å². The van der Waals surface area contributed by atoms with Gasteiger partial charge in [-0.2, -0.15) is 0 Å². The van der Waals surface area contributed by atoms with Crippen LogP contribution in [0.3, 0.4) is 0 Å². The van der Waals surface area contributed by atoms with E-state index in [-0.39, 0.29) is 5.91 Å². The van der Waals surface area contributed by atoms with Crippen molar-refractivity contribution in [1.29, 1.82) is 0 Å². The first-order chi connectivity index (χ1) is 12.2. The Morgan fingerprint density at radius 1 is 1.08 bits per heavy atom. The average molecular weight is 333 g/mol. The number of carbonyl (C=O) groups excluding carboxylic acids is 1. The van der Waals surface area contributed by atoms with Crippen molar-refractivity contribution in [3.8, 4) is 11.5 Å². The van der Waals surface area contributed by atoms with E-state index in [1.165, 1.54) is 0 Å². The molecule has 0 saturated heterocycles. The summed E-state index contributed by atoms with van der Waals surface area (Å²) in [7, 11) is 1.56. The predicted molar refractivity (Wildman–Crippen MR) is 101 cm³/mol. The van der Waals surface area contributed by atoms with E-state index >= 15 is 0 Å². The zero-order valence-corrected chi connectivity index (χ0v) is 14.0. The lowest BCUT2D eigenvalue weighted by atomic mass is 10.1. The first-order valence-electron chi connectivity index (χ1n) is 7.93. The zero-order chi connectivity index (χ0) is 17.6. The van der Waals surface area contributed by atoms with Crippen LogP contribution >= 0.6 is 0 Å². The molecule has 3 aromatic carbocycles. The highest BCUT2D eigenvalue weighted by atomic mass is 16.5. The van der Waals surface area contributed by atoms with Crippen molar-refractivity contribution in [1.82, 2.24) is 0 Å². The van der Waals surface area contributed by atoms with Gasteiger partial charge in [0.15, 0.2) is 0 Å². The number of rotatable bonds is 6. The largest absolute Gasteiger partial charge is 0.496 e. The molecule has 0 radical (unpaired) electrons. The van der Waals surface area contributed by atoms with Gasteiger partial charge in [-0.1, -0.05) is 36.9 Å². The molecule has 1 N–H and O–H groups in total. The molecule has 0 fully saturated rings. The Labute approximate surface area is 146 Å². The van der Waals surface area contributed by atoms with Crippen LogP contribution in [-0.4, -0.2) is 19.6 Å². The highest BCUT2D eigenvalue weighted by Crippen LogP contribution is 2.27. The minimum Gasteiger partial charge on any atom is -0.496 e. The molecular weight excluding hydrogens is 314 g/mol. The summed E-state index contributed by atoms with van der Waals surface area (Å²) < 4.78 is 10.8. The Hall–Kier alpha value is -3.27. The Bertz CT molecular complexity index is 901. The standard InChI is InChI=1S/C21H19NO3/c1-3-12-25-18-10-8-17(9-11-18)22-21(23)19-13-15-6-4-5-7-16(15)14-20(19)24-2/h3-11,13-14H,1,12H2,2H3,(H,22,23). The highest BCUT2D eigenvalue weighted by Gasteiger charge is 2.14. The van der Waals surface area contributed by atoms with E-state index in [9.17, 15) is 4.79 Å². The van der Waals surface area contributed by atoms with Gasteiger partial charge in [-0.05, 0) is 47.2 Å². The minimum atomic E-state index is -0.220. The lowest BCUT2D eigenvalue weighted by molar-refractivity contribution is 0.102.